The van der Waals surface area contributed by atoms with Crippen LogP contribution in [-0.4, -0.2) is 30.6 Å². The highest BCUT2D eigenvalue weighted by Gasteiger charge is 2.20. The minimum Gasteiger partial charge on any atom is -0.477 e. The fourth-order valence-corrected chi connectivity index (χ4v) is 2.80. The first-order valence-electron chi connectivity index (χ1n) is 6.22. The standard InChI is InChI=1S/C12H17N3O4S/c1-2-15-9-10(8-11(15)12(16)17)20(18,19)14-7-5-3-4-6-13/h8-9,14H,2-5,7H2,1H3,(H,16,17). The van der Waals surface area contributed by atoms with E-state index in [9.17, 15) is 13.2 Å². The summed E-state index contributed by atoms with van der Waals surface area (Å²) < 4.78 is 27.7. The van der Waals surface area contributed by atoms with Crippen molar-refractivity contribution in [1.82, 2.24) is 9.29 Å². The van der Waals surface area contributed by atoms with Gasteiger partial charge in [0.1, 0.15) is 10.6 Å². The van der Waals surface area contributed by atoms with Gasteiger partial charge in [0.2, 0.25) is 10.0 Å². The Kier molecular flexibility index (Phi) is 5.73. The molecule has 0 aliphatic carbocycles. The van der Waals surface area contributed by atoms with Crippen LogP contribution in [0.2, 0.25) is 0 Å². The zero-order valence-electron chi connectivity index (χ0n) is 11.2. The highest BCUT2D eigenvalue weighted by Crippen LogP contribution is 2.14. The monoisotopic (exact) mass is 299 g/mol. The number of hydrogen-bond donors (Lipinski definition) is 2. The Balaban J connectivity index is 2.78. The van der Waals surface area contributed by atoms with Crippen LogP contribution in [0.5, 0.6) is 0 Å². The molecule has 0 atom stereocenters. The van der Waals surface area contributed by atoms with Gasteiger partial charge in [-0.1, -0.05) is 0 Å². The van der Waals surface area contributed by atoms with Crippen LogP contribution >= 0.6 is 0 Å². The van der Waals surface area contributed by atoms with Crippen molar-refractivity contribution in [2.75, 3.05) is 6.54 Å². The van der Waals surface area contributed by atoms with Crippen LogP contribution in [0, 0.1) is 11.3 Å². The van der Waals surface area contributed by atoms with Crippen molar-refractivity contribution in [2.24, 2.45) is 0 Å². The third-order valence-electron chi connectivity index (χ3n) is 2.75. The number of aromatic carboxylic acids is 1. The number of hydrogen-bond acceptors (Lipinski definition) is 4. The zero-order chi connectivity index (χ0) is 15.2. The van der Waals surface area contributed by atoms with E-state index in [2.05, 4.69) is 4.72 Å². The molecule has 20 heavy (non-hydrogen) atoms. The molecule has 1 rings (SSSR count). The zero-order valence-corrected chi connectivity index (χ0v) is 12.0. The molecule has 0 unspecified atom stereocenters. The molecule has 0 aromatic carbocycles. The molecule has 0 aliphatic heterocycles. The van der Waals surface area contributed by atoms with Crippen LogP contribution in [0.4, 0.5) is 0 Å². The smallest absolute Gasteiger partial charge is 0.352 e. The fraction of sp³-hybridized carbons (Fsp3) is 0.500. The number of aromatic nitrogens is 1. The first-order chi connectivity index (χ1) is 9.42. The molecule has 7 nitrogen and oxygen atoms in total. The van der Waals surface area contributed by atoms with Gasteiger partial charge in [0.05, 0.1) is 6.07 Å². The highest BCUT2D eigenvalue weighted by molar-refractivity contribution is 7.89. The summed E-state index contributed by atoms with van der Waals surface area (Å²) in [6.07, 6.45) is 2.88. The number of unbranched alkanes of at least 4 members (excludes halogenated alkanes) is 2. The number of carboxylic acid groups (broad SMARTS) is 1. The maximum Gasteiger partial charge on any atom is 0.352 e. The summed E-state index contributed by atoms with van der Waals surface area (Å²) in [5.74, 6) is -1.16. The van der Waals surface area contributed by atoms with Crippen LogP contribution in [-0.2, 0) is 16.6 Å². The third-order valence-corrected chi connectivity index (χ3v) is 4.18. The molecule has 0 amide bonds. The highest BCUT2D eigenvalue weighted by atomic mass is 32.2. The number of rotatable bonds is 8. The molecule has 0 aliphatic rings. The SMILES string of the molecule is CCn1cc(S(=O)(=O)NCCCCC#N)cc1C(=O)O. The van der Waals surface area contributed by atoms with Gasteiger partial charge in [-0.05, 0) is 25.8 Å². The molecular formula is C12H17N3O4S. The number of nitrogens with one attached hydrogen (secondary N) is 1. The van der Waals surface area contributed by atoms with Crippen LogP contribution in [0.15, 0.2) is 17.2 Å². The molecule has 1 aromatic heterocycles. The van der Waals surface area contributed by atoms with Gasteiger partial charge in [0, 0.05) is 25.7 Å². The average Bonchev–Trinajstić information content (AvgIpc) is 2.83. The second kappa shape index (κ2) is 7.07. The van der Waals surface area contributed by atoms with E-state index >= 15 is 0 Å². The maximum absolute atomic E-state index is 12.0. The first kappa shape index (κ1) is 16.2. The van der Waals surface area contributed by atoms with Crippen molar-refractivity contribution in [3.8, 4) is 6.07 Å². The Labute approximate surface area is 117 Å². The summed E-state index contributed by atoms with van der Waals surface area (Å²) in [5.41, 5.74) is -0.0580. The Bertz CT molecular complexity index is 613. The van der Waals surface area contributed by atoms with Gasteiger partial charge < -0.3 is 9.67 Å². The number of nitriles is 1. The van der Waals surface area contributed by atoms with Gasteiger partial charge in [0.25, 0.3) is 0 Å². The van der Waals surface area contributed by atoms with Gasteiger partial charge in [-0.25, -0.2) is 17.9 Å². The fourth-order valence-electron chi connectivity index (χ4n) is 1.69. The lowest BCUT2D eigenvalue weighted by Crippen LogP contribution is -2.24. The molecule has 1 aromatic rings. The van der Waals surface area contributed by atoms with E-state index in [1.807, 2.05) is 6.07 Å². The average molecular weight is 299 g/mol. The lowest BCUT2D eigenvalue weighted by atomic mass is 10.2. The summed E-state index contributed by atoms with van der Waals surface area (Å²) in [5, 5.41) is 17.4. The van der Waals surface area contributed by atoms with Crippen LogP contribution in [0.3, 0.4) is 0 Å². The van der Waals surface area contributed by atoms with Gasteiger partial charge in [0.15, 0.2) is 0 Å². The van der Waals surface area contributed by atoms with E-state index in [1.54, 1.807) is 6.92 Å². The summed E-state index contributed by atoms with van der Waals surface area (Å²) in [4.78, 5) is 10.9. The second-order valence-electron chi connectivity index (χ2n) is 4.17. The minimum atomic E-state index is -3.71. The van der Waals surface area contributed by atoms with E-state index in [0.29, 0.717) is 25.8 Å². The topological polar surface area (TPSA) is 112 Å². The van der Waals surface area contributed by atoms with Crippen molar-refractivity contribution in [3.63, 3.8) is 0 Å². The van der Waals surface area contributed by atoms with E-state index in [4.69, 9.17) is 10.4 Å². The summed E-state index contributed by atoms with van der Waals surface area (Å²) in [7, 11) is -3.71. The molecule has 0 spiro atoms. The van der Waals surface area contributed by atoms with Crippen molar-refractivity contribution in [3.05, 3.63) is 18.0 Å². The third kappa shape index (κ3) is 4.08. The number of aryl methyl sites for hydroxylation is 1. The number of carbonyl (C=O) groups is 1. The molecule has 110 valence electrons. The van der Waals surface area contributed by atoms with E-state index < -0.39 is 16.0 Å². The first-order valence-corrected chi connectivity index (χ1v) is 7.70. The second-order valence-corrected chi connectivity index (χ2v) is 5.93. The van der Waals surface area contributed by atoms with Crippen molar-refractivity contribution in [1.29, 1.82) is 5.26 Å². The lowest BCUT2D eigenvalue weighted by Gasteiger charge is -2.03. The Hall–Kier alpha value is -1.85. The largest absolute Gasteiger partial charge is 0.477 e. The Morgan fingerprint density at radius 1 is 1.50 bits per heavy atom. The van der Waals surface area contributed by atoms with Crippen molar-refractivity contribution >= 4 is 16.0 Å². The minimum absolute atomic E-state index is 0.0580. The maximum atomic E-state index is 12.0. The summed E-state index contributed by atoms with van der Waals surface area (Å²) in [6.45, 7) is 2.33. The predicted octanol–water partition coefficient (Wildman–Crippen LogP) is 1.18. The molecule has 1 heterocycles. The van der Waals surface area contributed by atoms with Crippen molar-refractivity contribution < 1.29 is 18.3 Å². The van der Waals surface area contributed by atoms with Crippen LogP contribution in [0.1, 0.15) is 36.7 Å². The molecule has 0 bridgehead atoms. The number of sulfonamides is 1. The van der Waals surface area contributed by atoms with Gasteiger partial charge >= 0.3 is 5.97 Å². The van der Waals surface area contributed by atoms with Gasteiger partial charge in [-0.15, -0.1) is 0 Å². The van der Waals surface area contributed by atoms with E-state index in [-0.39, 0.29) is 17.1 Å². The molecule has 8 heteroatoms. The predicted molar refractivity (Wildman–Crippen MR) is 71.7 cm³/mol. The Morgan fingerprint density at radius 2 is 2.20 bits per heavy atom. The number of nitrogens with zero attached hydrogens (tertiary/aromatic N) is 2. The van der Waals surface area contributed by atoms with Crippen LogP contribution < -0.4 is 4.72 Å². The molecular weight excluding hydrogens is 282 g/mol. The van der Waals surface area contributed by atoms with Crippen LogP contribution in [0.25, 0.3) is 0 Å². The van der Waals surface area contributed by atoms with Gasteiger partial charge in [-0.2, -0.15) is 5.26 Å². The lowest BCUT2D eigenvalue weighted by molar-refractivity contribution is 0.0685. The molecule has 0 saturated heterocycles. The van der Waals surface area contributed by atoms with Crippen molar-refractivity contribution in [2.45, 2.75) is 37.6 Å². The molecule has 0 radical (unpaired) electrons. The molecule has 0 saturated carbocycles. The number of carboxylic acids is 1. The van der Waals surface area contributed by atoms with E-state index in [1.165, 1.54) is 10.8 Å². The summed E-state index contributed by atoms with van der Waals surface area (Å²) in [6, 6.07) is 3.12. The quantitative estimate of drug-likeness (QED) is 0.700. The Morgan fingerprint density at radius 3 is 2.70 bits per heavy atom. The normalized spacial score (nSPS) is 11.2. The summed E-state index contributed by atoms with van der Waals surface area (Å²) >= 11 is 0. The molecule has 0 fully saturated rings. The van der Waals surface area contributed by atoms with E-state index in [0.717, 1.165) is 6.07 Å². The van der Waals surface area contributed by atoms with Gasteiger partial charge in [-0.3, -0.25) is 0 Å². The molecule has 2 N–H and O–H groups in total.